The fraction of sp³-hybridized carbons (Fsp3) is 0.286. The highest BCUT2D eigenvalue weighted by Crippen LogP contribution is 2.01. The Balaban J connectivity index is 1.71. The third kappa shape index (κ3) is 4.40. The van der Waals surface area contributed by atoms with Crippen molar-refractivity contribution in [1.82, 2.24) is 15.1 Å². The summed E-state index contributed by atoms with van der Waals surface area (Å²) >= 11 is 0. The number of aromatic nitrogens is 2. The summed E-state index contributed by atoms with van der Waals surface area (Å²) in [5.74, 6) is 0. The normalized spacial score (nSPS) is 10.2. The Morgan fingerprint density at radius 1 is 1.30 bits per heavy atom. The summed E-state index contributed by atoms with van der Waals surface area (Å²) < 4.78 is 6.70. The van der Waals surface area contributed by atoms with E-state index in [1.54, 1.807) is 17.1 Å². The lowest BCUT2D eigenvalue weighted by Gasteiger charge is -2.05. The summed E-state index contributed by atoms with van der Waals surface area (Å²) in [6.45, 7) is 1.07. The highest BCUT2D eigenvalue weighted by Gasteiger charge is 2.04. The van der Waals surface area contributed by atoms with Crippen LogP contribution < -0.4 is 5.32 Å². The average molecular weight is 275 g/mol. The number of carbonyl (C=O) groups excluding carboxylic acids is 1. The van der Waals surface area contributed by atoms with Crippen LogP contribution in [0.2, 0.25) is 0 Å². The third-order valence-electron chi connectivity index (χ3n) is 2.67. The van der Waals surface area contributed by atoms with Gasteiger partial charge in [0.1, 0.15) is 6.61 Å². The molecule has 0 saturated carbocycles. The summed E-state index contributed by atoms with van der Waals surface area (Å²) in [7, 11) is 0. The van der Waals surface area contributed by atoms with Crippen LogP contribution in [0, 0.1) is 0 Å². The minimum Gasteiger partial charge on any atom is -0.445 e. The fourth-order valence-corrected chi connectivity index (χ4v) is 1.67. The Labute approximate surface area is 117 Å². The summed E-state index contributed by atoms with van der Waals surface area (Å²) in [6.07, 6.45) is 2.95. The number of carbonyl (C=O) groups is 1. The van der Waals surface area contributed by atoms with E-state index in [-0.39, 0.29) is 13.2 Å². The predicted octanol–water partition coefficient (Wildman–Crippen LogP) is 1.30. The minimum atomic E-state index is -0.469. The number of aliphatic hydroxyl groups is 1. The number of amides is 1. The van der Waals surface area contributed by atoms with E-state index in [4.69, 9.17) is 9.84 Å². The zero-order chi connectivity index (χ0) is 14.2. The van der Waals surface area contributed by atoms with Crippen molar-refractivity contribution >= 4 is 6.09 Å². The molecule has 20 heavy (non-hydrogen) atoms. The molecule has 2 aromatic rings. The van der Waals surface area contributed by atoms with Crippen molar-refractivity contribution in [3.63, 3.8) is 0 Å². The van der Waals surface area contributed by atoms with Gasteiger partial charge in [-0.25, -0.2) is 4.79 Å². The van der Waals surface area contributed by atoms with Crippen LogP contribution in [0.5, 0.6) is 0 Å². The molecule has 2 N–H and O–H groups in total. The van der Waals surface area contributed by atoms with Crippen molar-refractivity contribution in [2.45, 2.75) is 19.7 Å². The van der Waals surface area contributed by atoms with Crippen molar-refractivity contribution in [3.05, 3.63) is 53.9 Å². The smallest absolute Gasteiger partial charge is 0.407 e. The number of nitrogens with one attached hydrogen (secondary N) is 1. The van der Waals surface area contributed by atoms with Gasteiger partial charge in [0.25, 0.3) is 0 Å². The van der Waals surface area contributed by atoms with Gasteiger partial charge in [-0.3, -0.25) is 4.68 Å². The lowest BCUT2D eigenvalue weighted by molar-refractivity contribution is 0.139. The molecule has 6 nitrogen and oxygen atoms in total. The lowest BCUT2D eigenvalue weighted by Crippen LogP contribution is -2.23. The molecule has 106 valence electrons. The first-order valence-corrected chi connectivity index (χ1v) is 6.34. The van der Waals surface area contributed by atoms with Crippen molar-refractivity contribution in [2.75, 3.05) is 6.61 Å². The van der Waals surface area contributed by atoms with E-state index in [1.807, 2.05) is 30.3 Å². The molecule has 0 aliphatic rings. The Hall–Kier alpha value is -2.34. The maximum absolute atomic E-state index is 11.5. The molecule has 1 heterocycles. The van der Waals surface area contributed by atoms with Gasteiger partial charge in [0.15, 0.2) is 0 Å². The lowest BCUT2D eigenvalue weighted by atomic mass is 10.2. The molecule has 0 aliphatic heterocycles. The van der Waals surface area contributed by atoms with Crippen molar-refractivity contribution < 1.29 is 14.6 Å². The average Bonchev–Trinajstić information content (AvgIpc) is 2.92. The third-order valence-corrected chi connectivity index (χ3v) is 2.67. The molecule has 1 aromatic carbocycles. The van der Waals surface area contributed by atoms with E-state index < -0.39 is 6.09 Å². The number of hydrogen-bond donors (Lipinski definition) is 2. The molecule has 6 heteroatoms. The van der Waals surface area contributed by atoms with Crippen molar-refractivity contribution in [1.29, 1.82) is 0 Å². The van der Waals surface area contributed by atoms with Gasteiger partial charge in [0, 0.05) is 18.3 Å². The molecular weight excluding hydrogens is 258 g/mol. The van der Waals surface area contributed by atoms with Gasteiger partial charge in [-0.15, -0.1) is 0 Å². The second-order valence-electron chi connectivity index (χ2n) is 4.25. The topological polar surface area (TPSA) is 76.4 Å². The number of aliphatic hydroxyl groups excluding tert-OH is 1. The van der Waals surface area contributed by atoms with Crippen LogP contribution in [-0.2, 0) is 24.4 Å². The number of rotatable bonds is 6. The molecule has 0 aliphatic carbocycles. The highest BCUT2D eigenvalue weighted by molar-refractivity contribution is 5.67. The molecule has 2 rings (SSSR count). The van der Waals surface area contributed by atoms with Gasteiger partial charge >= 0.3 is 6.09 Å². The van der Waals surface area contributed by atoms with Gasteiger partial charge < -0.3 is 15.2 Å². The maximum atomic E-state index is 11.5. The van der Waals surface area contributed by atoms with E-state index >= 15 is 0 Å². The van der Waals surface area contributed by atoms with Crippen LogP contribution in [0.25, 0.3) is 0 Å². The number of hydrogen-bond acceptors (Lipinski definition) is 4. The summed E-state index contributed by atoms with van der Waals surface area (Å²) in [4.78, 5) is 11.5. The van der Waals surface area contributed by atoms with Crippen LogP contribution in [0.4, 0.5) is 4.79 Å². The van der Waals surface area contributed by atoms with E-state index in [1.165, 1.54) is 0 Å². The number of benzene rings is 1. The highest BCUT2D eigenvalue weighted by atomic mass is 16.5. The number of alkyl carbamates (subject to hydrolysis) is 1. The first-order chi connectivity index (χ1) is 9.78. The van der Waals surface area contributed by atoms with E-state index in [2.05, 4.69) is 10.4 Å². The van der Waals surface area contributed by atoms with Gasteiger partial charge in [-0.1, -0.05) is 30.3 Å². The maximum Gasteiger partial charge on any atom is 0.407 e. The van der Waals surface area contributed by atoms with Gasteiger partial charge in [-0.05, 0) is 5.56 Å². The molecule has 0 bridgehead atoms. The zero-order valence-corrected chi connectivity index (χ0v) is 11.0. The largest absolute Gasteiger partial charge is 0.445 e. The Morgan fingerprint density at radius 2 is 2.10 bits per heavy atom. The molecule has 0 saturated heterocycles. The first-order valence-electron chi connectivity index (χ1n) is 6.34. The van der Waals surface area contributed by atoms with Crippen LogP contribution in [0.3, 0.4) is 0 Å². The van der Waals surface area contributed by atoms with Crippen molar-refractivity contribution in [2.24, 2.45) is 0 Å². The molecule has 0 fully saturated rings. The van der Waals surface area contributed by atoms with E-state index in [0.29, 0.717) is 13.1 Å². The second-order valence-corrected chi connectivity index (χ2v) is 4.25. The van der Waals surface area contributed by atoms with E-state index in [9.17, 15) is 4.79 Å². The quantitative estimate of drug-likeness (QED) is 0.833. The van der Waals surface area contributed by atoms with Crippen LogP contribution in [-0.4, -0.2) is 27.6 Å². The molecule has 1 aromatic heterocycles. The standard InChI is InChI=1S/C14H17N3O3/c18-7-6-17-10-13(9-16-17)8-15-14(19)20-11-12-4-2-1-3-5-12/h1-5,9-10,18H,6-8,11H2,(H,15,19). The Kier molecular flexibility index (Phi) is 5.14. The van der Waals surface area contributed by atoms with Crippen LogP contribution in [0.15, 0.2) is 42.7 Å². The van der Waals surface area contributed by atoms with Gasteiger partial charge in [0.2, 0.25) is 0 Å². The fourth-order valence-electron chi connectivity index (χ4n) is 1.67. The molecule has 0 radical (unpaired) electrons. The Morgan fingerprint density at radius 3 is 2.85 bits per heavy atom. The van der Waals surface area contributed by atoms with Crippen LogP contribution >= 0.6 is 0 Å². The van der Waals surface area contributed by atoms with Gasteiger partial charge in [-0.2, -0.15) is 5.10 Å². The van der Waals surface area contributed by atoms with Crippen molar-refractivity contribution in [3.8, 4) is 0 Å². The summed E-state index contributed by atoms with van der Waals surface area (Å²) in [6, 6.07) is 9.49. The van der Waals surface area contributed by atoms with Crippen LogP contribution in [0.1, 0.15) is 11.1 Å². The molecule has 0 atom stereocenters. The minimum absolute atomic E-state index is 0.0354. The SMILES string of the molecule is O=C(NCc1cnn(CCO)c1)OCc1ccccc1. The molecular formula is C14H17N3O3. The number of ether oxygens (including phenoxy) is 1. The van der Waals surface area contributed by atoms with E-state index in [0.717, 1.165) is 11.1 Å². The first kappa shape index (κ1) is 14.1. The monoisotopic (exact) mass is 275 g/mol. The summed E-state index contributed by atoms with van der Waals surface area (Å²) in [5, 5.41) is 15.5. The Bertz CT molecular complexity index is 540. The molecule has 0 unspecified atom stereocenters. The summed E-state index contributed by atoms with van der Waals surface area (Å²) in [5.41, 5.74) is 1.80. The zero-order valence-electron chi connectivity index (χ0n) is 11.0. The predicted molar refractivity (Wildman–Crippen MR) is 72.8 cm³/mol. The van der Waals surface area contributed by atoms with Gasteiger partial charge in [0.05, 0.1) is 19.3 Å². The molecule has 0 spiro atoms. The second kappa shape index (κ2) is 7.30. The molecule has 1 amide bonds. The number of nitrogens with zero attached hydrogens (tertiary/aromatic N) is 2.